The summed E-state index contributed by atoms with van der Waals surface area (Å²) < 4.78 is 23.1. The number of nitriles is 2. The van der Waals surface area contributed by atoms with Crippen LogP contribution in [0.5, 0.6) is 0 Å². The van der Waals surface area contributed by atoms with Crippen LogP contribution in [0.4, 0.5) is 15.8 Å². The Morgan fingerprint density at radius 1 is 1.17 bits per heavy atom. The second-order valence-corrected chi connectivity index (χ2v) is 9.50. The molecular formula is C26H27FN8. The number of rotatable bonds is 6. The largest absolute Gasteiger partial charge is 0.383 e. The molecule has 0 saturated carbocycles. The van der Waals surface area contributed by atoms with E-state index in [1.54, 1.807) is 30.4 Å². The van der Waals surface area contributed by atoms with Crippen molar-refractivity contribution < 1.29 is 5.76 Å². The zero-order valence-corrected chi connectivity index (χ0v) is 20.0. The van der Waals surface area contributed by atoms with E-state index in [2.05, 4.69) is 59.5 Å². The number of nitrogens with zero attached hydrogens (tertiary/aromatic N) is 4. The zero-order chi connectivity index (χ0) is 26.1. The second-order valence-electron chi connectivity index (χ2n) is 9.50. The number of aromatic nitrogens is 1. The van der Waals surface area contributed by atoms with Crippen molar-refractivity contribution in [1.29, 1.82) is 10.5 Å². The number of pyridine rings is 1. The number of hydrogen-bond donors (Lipinski definition) is 4. The number of fused-ring (bicyclic) bond motifs is 1. The van der Waals surface area contributed by atoms with E-state index in [1.807, 2.05) is 0 Å². The lowest BCUT2D eigenvalue weighted by Crippen LogP contribution is -2.35. The van der Waals surface area contributed by atoms with Gasteiger partial charge in [0.05, 0.1) is 35.4 Å². The van der Waals surface area contributed by atoms with Gasteiger partial charge >= 0.3 is 0 Å². The maximum atomic E-state index is 13.7. The van der Waals surface area contributed by atoms with Crippen LogP contribution in [-0.2, 0) is 0 Å². The van der Waals surface area contributed by atoms with Gasteiger partial charge in [-0.25, -0.2) is 4.39 Å². The van der Waals surface area contributed by atoms with Gasteiger partial charge < -0.3 is 16.1 Å². The average Bonchev–Trinajstić information content (AvgIpc) is 3.28. The van der Waals surface area contributed by atoms with Gasteiger partial charge in [-0.15, -0.1) is 5.53 Å². The van der Waals surface area contributed by atoms with E-state index < -0.39 is 11.8 Å². The van der Waals surface area contributed by atoms with Gasteiger partial charge in [0, 0.05) is 37.1 Å². The van der Waals surface area contributed by atoms with Gasteiger partial charge in [-0.2, -0.15) is 10.5 Å². The SMILES string of the molecule is [2H][C@](Nc1cc(C#N)c2ncc(C#N)c(NCC(C)(C)C)c2c1)(C1=CN(C)NN1)c1ccc(F)cc1. The first-order valence-electron chi connectivity index (χ1n) is 11.6. The summed E-state index contributed by atoms with van der Waals surface area (Å²) >= 11 is 0. The van der Waals surface area contributed by atoms with Crippen molar-refractivity contribution in [3.63, 3.8) is 0 Å². The number of hydrogen-bond acceptors (Lipinski definition) is 8. The van der Waals surface area contributed by atoms with Gasteiger partial charge in [-0.1, -0.05) is 32.9 Å². The van der Waals surface area contributed by atoms with Crippen molar-refractivity contribution >= 4 is 22.3 Å². The van der Waals surface area contributed by atoms with Gasteiger partial charge in [0.2, 0.25) is 0 Å². The van der Waals surface area contributed by atoms with Crippen LogP contribution in [0, 0.1) is 33.9 Å². The number of halogens is 1. The van der Waals surface area contributed by atoms with E-state index >= 15 is 0 Å². The molecule has 0 radical (unpaired) electrons. The molecule has 0 saturated heterocycles. The molecule has 0 unspecified atom stereocenters. The Morgan fingerprint density at radius 3 is 2.49 bits per heavy atom. The van der Waals surface area contributed by atoms with Crippen LogP contribution in [0.25, 0.3) is 10.9 Å². The first-order chi connectivity index (χ1) is 17.0. The molecule has 2 aromatic carbocycles. The monoisotopic (exact) mass is 471 g/mol. The average molecular weight is 472 g/mol. The van der Waals surface area contributed by atoms with E-state index in [1.165, 1.54) is 30.5 Å². The van der Waals surface area contributed by atoms with Crippen LogP contribution in [-0.4, -0.2) is 23.6 Å². The third kappa shape index (κ3) is 5.26. The quantitative estimate of drug-likeness (QED) is 0.415. The highest BCUT2D eigenvalue weighted by Gasteiger charge is 2.23. The van der Waals surface area contributed by atoms with Crippen molar-refractivity contribution in [1.82, 2.24) is 21.0 Å². The second kappa shape index (κ2) is 9.49. The third-order valence-corrected chi connectivity index (χ3v) is 5.37. The van der Waals surface area contributed by atoms with Crippen LogP contribution in [0.1, 0.15) is 44.9 Å². The molecule has 178 valence electrons. The molecular weight excluding hydrogens is 443 g/mol. The predicted octanol–water partition coefficient (Wildman–Crippen LogP) is 4.52. The Labute approximate surface area is 205 Å². The van der Waals surface area contributed by atoms with Gasteiger partial charge in [0.1, 0.15) is 18.0 Å². The fourth-order valence-electron chi connectivity index (χ4n) is 3.68. The number of benzene rings is 2. The van der Waals surface area contributed by atoms with Crippen LogP contribution in [0.3, 0.4) is 0 Å². The Balaban J connectivity index is 1.88. The minimum Gasteiger partial charge on any atom is -0.383 e. The van der Waals surface area contributed by atoms with Gasteiger partial charge in [-0.3, -0.25) is 9.99 Å². The highest BCUT2D eigenvalue weighted by molar-refractivity contribution is 5.99. The van der Waals surface area contributed by atoms with E-state index in [9.17, 15) is 16.3 Å². The minimum absolute atomic E-state index is 0.0607. The van der Waals surface area contributed by atoms with Crippen LogP contribution < -0.4 is 21.6 Å². The fourth-order valence-corrected chi connectivity index (χ4v) is 3.68. The highest BCUT2D eigenvalue weighted by Crippen LogP contribution is 2.34. The lowest BCUT2D eigenvalue weighted by Gasteiger charge is -2.23. The summed E-state index contributed by atoms with van der Waals surface area (Å²) in [6.07, 6.45) is 3.17. The van der Waals surface area contributed by atoms with Crippen molar-refractivity contribution in [2.45, 2.75) is 26.8 Å². The Morgan fingerprint density at radius 2 is 1.89 bits per heavy atom. The molecule has 1 aliphatic rings. The van der Waals surface area contributed by atoms with E-state index in [4.69, 9.17) is 0 Å². The molecule has 8 nitrogen and oxygen atoms in total. The van der Waals surface area contributed by atoms with Crippen molar-refractivity contribution in [3.8, 4) is 12.1 Å². The van der Waals surface area contributed by atoms with Crippen molar-refractivity contribution in [2.75, 3.05) is 24.2 Å². The molecule has 0 aliphatic carbocycles. The minimum atomic E-state index is -1.56. The topological polar surface area (TPSA) is 112 Å². The van der Waals surface area contributed by atoms with E-state index in [0.29, 0.717) is 51.2 Å². The number of nitrogens with one attached hydrogen (secondary N) is 4. The van der Waals surface area contributed by atoms with Crippen LogP contribution >= 0.6 is 0 Å². The molecule has 0 amide bonds. The standard InChI is InChI=1S/C26H27FN8/c1-26(2,3)15-31-24-18(12-29)13-30-23-17(11-28)9-20(10-21(23)24)32-25(22-14-35(4)34-33-22)16-5-7-19(27)8-6-16/h5-10,13-14,25,32-34H,15H2,1-4H3,(H,30,31)/t25-/m1/s1/i25D. The third-order valence-electron chi connectivity index (χ3n) is 5.37. The summed E-state index contributed by atoms with van der Waals surface area (Å²) in [5.41, 5.74) is 8.90. The van der Waals surface area contributed by atoms with E-state index in [-0.39, 0.29) is 5.41 Å². The fraction of sp³-hybridized carbons (Fsp3) is 0.269. The molecule has 4 rings (SSSR count). The maximum Gasteiger partial charge on any atom is 0.123 e. The molecule has 1 aromatic heterocycles. The molecule has 4 N–H and O–H groups in total. The molecule has 35 heavy (non-hydrogen) atoms. The lowest BCUT2D eigenvalue weighted by atomic mass is 9.96. The lowest BCUT2D eigenvalue weighted by molar-refractivity contribution is 0.326. The maximum absolute atomic E-state index is 13.7. The molecule has 9 heteroatoms. The van der Waals surface area contributed by atoms with Crippen molar-refractivity contribution in [2.24, 2.45) is 5.41 Å². The summed E-state index contributed by atoms with van der Waals surface area (Å²) in [7, 11) is 1.77. The normalized spacial score (nSPS) is 15.3. The van der Waals surface area contributed by atoms with Crippen LogP contribution in [0.2, 0.25) is 0 Å². The zero-order valence-electron chi connectivity index (χ0n) is 21.0. The Kier molecular flexibility index (Phi) is 6.09. The summed E-state index contributed by atoms with van der Waals surface area (Å²) in [5.74, 6) is -0.410. The summed E-state index contributed by atoms with van der Waals surface area (Å²) in [6, 6.07) is 11.9. The molecule has 0 bridgehead atoms. The molecule has 2 heterocycles. The Bertz CT molecular complexity index is 1420. The predicted molar refractivity (Wildman–Crippen MR) is 134 cm³/mol. The molecule has 0 fully saturated rings. The summed E-state index contributed by atoms with van der Waals surface area (Å²) in [5, 5.41) is 28.4. The first-order valence-corrected chi connectivity index (χ1v) is 11.1. The van der Waals surface area contributed by atoms with Crippen LogP contribution in [0.15, 0.2) is 54.5 Å². The highest BCUT2D eigenvalue weighted by atomic mass is 19.1. The van der Waals surface area contributed by atoms with Gasteiger partial charge in [0.15, 0.2) is 0 Å². The smallest absolute Gasteiger partial charge is 0.123 e. The number of anilines is 2. The number of hydrazine groups is 2. The van der Waals surface area contributed by atoms with E-state index in [0.717, 1.165) is 0 Å². The van der Waals surface area contributed by atoms with Crippen molar-refractivity contribution in [3.05, 3.63) is 77.0 Å². The first kappa shape index (κ1) is 22.5. The summed E-state index contributed by atoms with van der Waals surface area (Å²) in [4.78, 5) is 4.38. The van der Waals surface area contributed by atoms with Gasteiger partial charge in [0.25, 0.3) is 0 Å². The molecule has 0 spiro atoms. The molecule has 1 atom stereocenters. The Hall–Kier alpha value is -4.34. The molecule has 3 aromatic rings. The van der Waals surface area contributed by atoms with Gasteiger partial charge in [-0.05, 0) is 35.2 Å². The molecule has 1 aliphatic heterocycles. The summed E-state index contributed by atoms with van der Waals surface area (Å²) in [6.45, 7) is 6.82.